The maximum absolute atomic E-state index is 5.71. The van der Waals surface area contributed by atoms with Gasteiger partial charge in [0, 0.05) is 10.2 Å². The van der Waals surface area contributed by atoms with Crippen LogP contribution in [0.2, 0.25) is 5.22 Å². The van der Waals surface area contributed by atoms with Gasteiger partial charge in [-0.25, -0.2) is 0 Å². The zero-order chi connectivity index (χ0) is 12.4. The van der Waals surface area contributed by atoms with Crippen molar-refractivity contribution in [3.8, 4) is 0 Å². The van der Waals surface area contributed by atoms with Crippen molar-refractivity contribution in [1.29, 1.82) is 0 Å². The number of nitrogens with one attached hydrogen (secondary N) is 1. The van der Waals surface area contributed by atoms with Crippen molar-refractivity contribution in [2.45, 2.75) is 20.4 Å². The van der Waals surface area contributed by atoms with Crippen LogP contribution in [-0.4, -0.2) is 0 Å². The second-order valence-electron chi connectivity index (χ2n) is 3.98. The first kappa shape index (κ1) is 12.5. The fourth-order valence-corrected chi connectivity index (χ4v) is 2.07. The highest BCUT2D eigenvalue weighted by Crippen LogP contribution is 2.25. The Balaban J connectivity index is 2.09. The molecular weight excluding hydrogens is 302 g/mol. The van der Waals surface area contributed by atoms with Gasteiger partial charge in [-0.2, -0.15) is 0 Å². The Morgan fingerprint density at radius 3 is 2.41 bits per heavy atom. The van der Waals surface area contributed by atoms with Crippen molar-refractivity contribution >= 4 is 33.2 Å². The number of rotatable bonds is 3. The third-order valence-corrected chi connectivity index (χ3v) is 3.99. The standard InChI is InChI=1S/C13H13BrClNO/c1-8-5-10(6-9(2)13(8)14)16-7-11-3-4-12(15)17-11/h3-6,16H,7H2,1-2H3. The van der Waals surface area contributed by atoms with Crippen LogP contribution in [0, 0.1) is 13.8 Å². The molecule has 0 bridgehead atoms. The van der Waals surface area contributed by atoms with Gasteiger partial charge >= 0.3 is 0 Å². The molecule has 0 amide bonds. The van der Waals surface area contributed by atoms with Gasteiger partial charge in [-0.15, -0.1) is 0 Å². The molecule has 0 atom stereocenters. The van der Waals surface area contributed by atoms with Crippen LogP contribution in [0.25, 0.3) is 0 Å². The molecule has 0 aliphatic heterocycles. The van der Waals surface area contributed by atoms with Gasteiger partial charge in [-0.1, -0.05) is 15.9 Å². The number of benzene rings is 1. The molecule has 17 heavy (non-hydrogen) atoms. The SMILES string of the molecule is Cc1cc(NCc2ccc(Cl)o2)cc(C)c1Br. The molecule has 0 aliphatic rings. The summed E-state index contributed by atoms with van der Waals surface area (Å²) in [5, 5.41) is 3.73. The first-order chi connectivity index (χ1) is 8.06. The molecule has 2 nitrogen and oxygen atoms in total. The lowest BCUT2D eigenvalue weighted by Gasteiger charge is -2.09. The van der Waals surface area contributed by atoms with E-state index in [9.17, 15) is 0 Å². The summed E-state index contributed by atoms with van der Waals surface area (Å²) in [6.07, 6.45) is 0. The fourth-order valence-electron chi connectivity index (χ4n) is 1.68. The molecule has 1 aromatic carbocycles. The van der Waals surface area contributed by atoms with Gasteiger partial charge in [-0.3, -0.25) is 0 Å². The molecule has 1 heterocycles. The van der Waals surface area contributed by atoms with Gasteiger partial charge in [0.2, 0.25) is 0 Å². The summed E-state index contributed by atoms with van der Waals surface area (Å²) >= 11 is 9.26. The molecule has 2 rings (SSSR count). The smallest absolute Gasteiger partial charge is 0.193 e. The van der Waals surface area contributed by atoms with E-state index < -0.39 is 0 Å². The van der Waals surface area contributed by atoms with Crippen molar-refractivity contribution < 1.29 is 4.42 Å². The second-order valence-corrected chi connectivity index (χ2v) is 5.15. The molecule has 0 aliphatic carbocycles. The highest BCUT2D eigenvalue weighted by Gasteiger charge is 2.03. The minimum Gasteiger partial charge on any atom is -0.448 e. The second kappa shape index (κ2) is 5.15. The number of furan rings is 1. The van der Waals surface area contributed by atoms with Gasteiger partial charge in [0.1, 0.15) is 5.76 Å². The van der Waals surface area contributed by atoms with Gasteiger partial charge in [0.25, 0.3) is 0 Å². The predicted molar refractivity (Wildman–Crippen MR) is 74.7 cm³/mol. The van der Waals surface area contributed by atoms with Gasteiger partial charge in [0.05, 0.1) is 6.54 Å². The van der Waals surface area contributed by atoms with Crippen molar-refractivity contribution in [1.82, 2.24) is 0 Å². The summed E-state index contributed by atoms with van der Waals surface area (Å²) < 4.78 is 6.44. The van der Waals surface area contributed by atoms with Crippen LogP contribution in [-0.2, 0) is 6.54 Å². The first-order valence-corrected chi connectivity index (χ1v) is 6.48. The maximum Gasteiger partial charge on any atom is 0.193 e. The fraction of sp³-hybridized carbons (Fsp3) is 0.231. The van der Waals surface area contributed by atoms with Crippen molar-refractivity contribution in [2.24, 2.45) is 0 Å². The Bertz CT molecular complexity index is 513. The average molecular weight is 315 g/mol. The molecule has 0 saturated heterocycles. The van der Waals surface area contributed by atoms with E-state index in [1.165, 1.54) is 11.1 Å². The molecule has 0 unspecified atom stereocenters. The third kappa shape index (κ3) is 3.05. The van der Waals surface area contributed by atoms with E-state index in [4.69, 9.17) is 16.0 Å². The van der Waals surface area contributed by atoms with E-state index in [2.05, 4.69) is 47.2 Å². The third-order valence-electron chi connectivity index (χ3n) is 2.53. The van der Waals surface area contributed by atoms with E-state index in [0.29, 0.717) is 11.8 Å². The minimum absolute atomic E-state index is 0.421. The largest absolute Gasteiger partial charge is 0.448 e. The first-order valence-electron chi connectivity index (χ1n) is 5.31. The van der Waals surface area contributed by atoms with Gasteiger partial charge in [-0.05, 0) is 60.8 Å². The lowest BCUT2D eigenvalue weighted by molar-refractivity contribution is 0.520. The van der Waals surface area contributed by atoms with Crippen LogP contribution in [0.4, 0.5) is 5.69 Å². The average Bonchev–Trinajstić information content (AvgIpc) is 2.69. The number of anilines is 1. The molecule has 0 fully saturated rings. The molecule has 2 aromatic rings. The maximum atomic E-state index is 5.71. The summed E-state index contributed by atoms with van der Waals surface area (Å²) in [6.45, 7) is 4.78. The number of hydrogen-bond acceptors (Lipinski definition) is 2. The van der Waals surface area contributed by atoms with Gasteiger partial charge < -0.3 is 9.73 Å². The zero-order valence-corrected chi connectivity index (χ0v) is 12.0. The van der Waals surface area contributed by atoms with E-state index in [0.717, 1.165) is 15.9 Å². The van der Waals surface area contributed by atoms with Crippen molar-refractivity contribution in [3.63, 3.8) is 0 Å². The minimum atomic E-state index is 0.421. The lowest BCUT2D eigenvalue weighted by atomic mass is 10.1. The van der Waals surface area contributed by atoms with E-state index in [1.807, 2.05) is 6.07 Å². The Morgan fingerprint density at radius 2 is 1.88 bits per heavy atom. The monoisotopic (exact) mass is 313 g/mol. The Kier molecular flexibility index (Phi) is 3.79. The van der Waals surface area contributed by atoms with E-state index in [-0.39, 0.29) is 0 Å². The summed E-state index contributed by atoms with van der Waals surface area (Å²) in [5.74, 6) is 0.827. The molecular formula is C13H13BrClNO. The molecule has 0 radical (unpaired) electrons. The van der Waals surface area contributed by atoms with Crippen molar-refractivity contribution in [2.75, 3.05) is 5.32 Å². The summed E-state index contributed by atoms with van der Waals surface area (Å²) in [4.78, 5) is 0. The Morgan fingerprint density at radius 1 is 1.24 bits per heavy atom. The molecule has 4 heteroatoms. The van der Waals surface area contributed by atoms with Crippen molar-refractivity contribution in [3.05, 3.63) is 50.8 Å². The van der Waals surface area contributed by atoms with Crippen LogP contribution in [0.3, 0.4) is 0 Å². The normalized spacial score (nSPS) is 10.6. The lowest BCUT2D eigenvalue weighted by Crippen LogP contribution is -1.99. The predicted octanol–water partition coefficient (Wildman–Crippen LogP) is 4.92. The number of hydrogen-bond donors (Lipinski definition) is 1. The number of aryl methyl sites for hydroxylation is 2. The Hall–Kier alpha value is -0.930. The van der Waals surface area contributed by atoms with Crippen LogP contribution >= 0.6 is 27.5 Å². The zero-order valence-electron chi connectivity index (χ0n) is 9.68. The topological polar surface area (TPSA) is 25.2 Å². The van der Waals surface area contributed by atoms with Crippen LogP contribution in [0.5, 0.6) is 0 Å². The molecule has 0 spiro atoms. The highest BCUT2D eigenvalue weighted by atomic mass is 79.9. The number of halogens is 2. The Labute approximate surface area is 114 Å². The molecule has 1 aromatic heterocycles. The summed E-state index contributed by atoms with van der Waals surface area (Å²) in [7, 11) is 0. The highest BCUT2D eigenvalue weighted by molar-refractivity contribution is 9.10. The van der Waals surface area contributed by atoms with E-state index in [1.54, 1.807) is 6.07 Å². The molecule has 1 N–H and O–H groups in total. The molecule has 0 saturated carbocycles. The quantitative estimate of drug-likeness (QED) is 0.869. The summed E-state index contributed by atoms with van der Waals surface area (Å²) in [6, 6.07) is 7.81. The molecule has 90 valence electrons. The summed E-state index contributed by atoms with van der Waals surface area (Å²) in [5.41, 5.74) is 3.51. The van der Waals surface area contributed by atoms with Crippen LogP contribution in [0.15, 0.2) is 33.2 Å². The van der Waals surface area contributed by atoms with Crippen LogP contribution in [0.1, 0.15) is 16.9 Å². The van der Waals surface area contributed by atoms with E-state index >= 15 is 0 Å². The van der Waals surface area contributed by atoms with Crippen LogP contribution < -0.4 is 5.32 Å². The van der Waals surface area contributed by atoms with Gasteiger partial charge in [0.15, 0.2) is 5.22 Å².